The maximum absolute atomic E-state index is 12.3. The second-order valence-electron chi connectivity index (χ2n) is 5.79. The standard InChI is InChI=1S/C20H24N2O2S/c1-3-15(2)21-20(24)17-11-7-8-12-18(17)22-19(23)13-14-25-16-9-5-4-6-10-16/h4-12,15H,3,13-14H2,1-2H3,(H,21,24)(H,22,23)/t15-/m0/s1. The van der Waals surface area contributed by atoms with Crippen molar-refractivity contribution in [1.82, 2.24) is 5.32 Å². The predicted molar refractivity (Wildman–Crippen MR) is 104 cm³/mol. The number of amides is 2. The van der Waals surface area contributed by atoms with E-state index in [-0.39, 0.29) is 17.9 Å². The van der Waals surface area contributed by atoms with Gasteiger partial charge in [0.2, 0.25) is 5.91 Å². The smallest absolute Gasteiger partial charge is 0.253 e. The quantitative estimate of drug-likeness (QED) is 0.692. The van der Waals surface area contributed by atoms with E-state index in [9.17, 15) is 9.59 Å². The van der Waals surface area contributed by atoms with Crippen LogP contribution >= 0.6 is 11.8 Å². The topological polar surface area (TPSA) is 58.2 Å². The Bertz CT molecular complexity index is 704. The van der Waals surface area contributed by atoms with Gasteiger partial charge in [-0.15, -0.1) is 11.8 Å². The molecule has 0 aliphatic heterocycles. The number of carbonyl (C=O) groups excluding carboxylic acids is 2. The van der Waals surface area contributed by atoms with Crippen molar-refractivity contribution >= 4 is 29.3 Å². The van der Waals surface area contributed by atoms with Crippen LogP contribution in [-0.2, 0) is 4.79 Å². The summed E-state index contributed by atoms with van der Waals surface area (Å²) >= 11 is 1.64. The number of benzene rings is 2. The van der Waals surface area contributed by atoms with Crippen molar-refractivity contribution in [3.8, 4) is 0 Å². The largest absolute Gasteiger partial charge is 0.350 e. The summed E-state index contributed by atoms with van der Waals surface area (Å²) in [6.07, 6.45) is 1.25. The number of hydrogen-bond acceptors (Lipinski definition) is 3. The summed E-state index contributed by atoms with van der Waals surface area (Å²) in [7, 11) is 0. The number of hydrogen-bond donors (Lipinski definition) is 2. The Morgan fingerprint density at radius 2 is 1.72 bits per heavy atom. The van der Waals surface area contributed by atoms with Gasteiger partial charge >= 0.3 is 0 Å². The van der Waals surface area contributed by atoms with Crippen LogP contribution in [0.4, 0.5) is 5.69 Å². The van der Waals surface area contributed by atoms with Crippen molar-refractivity contribution in [1.29, 1.82) is 0 Å². The van der Waals surface area contributed by atoms with Crippen LogP contribution in [0.5, 0.6) is 0 Å². The molecule has 2 aromatic rings. The molecule has 0 fully saturated rings. The highest BCUT2D eigenvalue weighted by Crippen LogP contribution is 2.19. The first-order valence-electron chi connectivity index (χ1n) is 8.47. The zero-order valence-electron chi connectivity index (χ0n) is 14.6. The molecule has 0 aromatic heterocycles. The zero-order chi connectivity index (χ0) is 18.1. The van der Waals surface area contributed by atoms with Crippen LogP contribution in [0.2, 0.25) is 0 Å². The Morgan fingerprint density at radius 3 is 2.44 bits per heavy atom. The average molecular weight is 356 g/mol. The fourth-order valence-corrected chi connectivity index (χ4v) is 3.06. The molecular formula is C20H24N2O2S. The van der Waals surface area contributed by atoms with Crippen molar-refractivity contribution in [2.24, 2.45) is 0 Å². The van der Waals surface area contributed by atoms with E-state index >= 15 is 0 Å². The molecule has 0 saturated carbocycles. The molecule has 4 nitrogen and oxygen atoms in total. The van der Waals surface area contributed by atoms with Gasteiger partial charge in [-0.3, -0.25) is 9.59 Å². The van der Waals surface area contributed by atoms with Crippen LogP contribution in [0, 0.1) is 0 Å². The van der Waals surface area contributed by atoms with Gasteiger partial charge < -0.3 is 10.6 Å². The van der Waals surface area contributed by atoms with Gasteiger partial charge in [0, 0.05) is 23.1 Å². The van der Waals surface area contributed by atoms with Gasteiger partial charge in [0.05, 0.1) is 11.3 Å². The van der Waals surface area contributed by atoms with E-state index in [0.717, 1.165) is 11.3 Å². The van der Waals surface area contributed by atoms with Crippen molar-refractivity contribution in [2.75, 3.05) is 11.1 Å². The van der Waals surface area contributed by atoms with Gasteiger partial charge in [-0.05, 0) is 37.6 Å². The first-order chi connectivity index (χ1) is 12.1. The minimum Gasteiger partial charge on any atom is -0.350 e. The van der Waals surface area contributed by atoms with Gasteiger partial charge in [-0.1, -0.05) is 37.3 Å². The molecular weight excluding hydrogens is 332 g/mol. The minimum atomic E-state index is -0.163. The average Bonchev–Trinajstić information content (AvgIpc) is 2.62. The molecule has 2 amide bonds. The molecule has 2 rings (SSSR count). The molecule has 0 unspecified atom stereocenters. The normalized spacial score (nSPS) is 11.6. The Morgan fingerprint density at radius 1 is 1.04 bits per heavy atom. The summed E-state index contributed by atoms with van der Waals surface area (Å²) in [6, 6.07) is 17.2. The maximum atomic E-state index is 12.3. The van der Waals surface area contributed by atoms with E-state index in [2.05, 4.69) is 10.6 Å². The highest BCUT2D eigenvalue weighted by molar-refractivity contribution is 7.99. The van der Waals surface area contributed by atoms with Gasteiger partial charge in [0.15, 0.2) is 0 Å². The summed E-state index contributed by atoms with van der Waals surface area (Å²) in [6.45, 7) is 3.98. The predicted octanol–water partition coefficient (Wildman–Crippen LogP) is 4.34. The molecule has 25 heavy (non-hydrogen) atoms. The lowest BCUT2D eigenvalue weighted by Crippen LogP contribution is -2.32. The highest BCUT2D eigenvalue weighted by atomic mass is 32.2. The highest BCUT2D eigenvalue weighted by Gasteiger charge is 2.14. The number of carbonyl (C=O) groups is 2. The fraction of sp³-hybridized carbons (Fsp3) is 0.300. The van der Waals surface area contributed by atoms with Crippen LogP contribution in [0.1, 0.15) is 37.0 Å². The lowest BCUT2D eigenvalue weighted by molar-refractivity contribution is -0.115. The summed E-state index contributed by atoms with van der Waals surface area (Å²) in [5.74, 6) is 0.438. The third-order valence-electron chi connectivity index (χ3n) is 3.78. The third kappa shape index (κ3) is 6.27. The molecule has 0 bridgehead atoms. The minimum absolute atomic E-state index is 0.0905. The second kappa shape index (κ2) is 9.89. The number of anilines is 1. The monoisotopic (exact) mass is 356 g/mol. The molecule has 0 radical (unpaired) electrons. The fourth-order valence-electron chi connectivity index (χ4n) is 2.18. The summed E-state index contributed by atoms with van der Waals surface area (Å²) < 4.78 is 0. The van der Waals surface area contributed by atoms with Crippen molar-refractivity contribution in [3.63, 3.8) is 0 Å². The maximum Gasteiger partial charge on any atom is 0.253 e. The third-order valence-corrected chi connectivity index (χ3v) is 4.79. The summed E-state index contributed by atoms with van der Waals surface area (Å²) in [5.41, 5.74) is 1.05. The Labute approximate surface area is 153 Å². The first kappa shape index (κ1) is 19.1. The molecule has 5 heteroatoms. The van der Waals surface area contributed by atoms with Crippen LogP contribution in [-0.4, -0.2) is 23.6 Å². The van der Waals surface area contributed by atoms with Crippen LogP contribution < -0.4 is 10.6 Å². The van der Waals surface area contributed by atoms with Gasteiger partial charge in [-0.25, -0.2) is 0 Å². The zero-order valence-corrected chi connectivity index (χ0v) is 15.4. The van der Waals surface area contributed by atoms with E-state index in [1.54, 1.807) is 30.0 Å². The van der Waals surface area contributed by atoms with Gasteiger partial charge in [0.25, 0.3) is 5.91 Å². The Hall–Kier alpha value is -2.27. The van der Waals surface area contributed by atoms with Crippen molar-refractivity contribution in [2.45, 2.75) is 37.6 Å². The van der Waals surface area contributed by atoms with E-state index < -0.39 is 0 Å². The lowest BCUT2D eigenvalue weighted by atomic mass is 10.1. The summed E-state index contributed by atoms with van der Waals surface area (Å²) in [5, 5.41) is 5.79. The molecule has 0 aliphatic rings. The SMILES string of the molecule is CC[C@H](C)NC(=O)c1ccccc1NC(=O)CCSc1ccccc1. The van der Waals surface area contributed by atoms with Crippen molar-refractivity contribution in [3.05, 3.63) is 60.2 Å². The van der Waals surface area contributed by atoms with Crippen molar-refractivity contribution < 1.29 is 9.59 Å². The molecule has 132 valence electrons. The molecule has 0 saturated heterocycles. The second-order valence-corrected chi connectivity index (χ2v) is 6.96. The van der Waals surface area contributed by atoms with Crippen LogP contribution in [0.25, 0.3) is 0 Å². The lowest BCUT2D eigenvalue weighted by Gasteiger charge is -2.14. The van der Waals surface area contributed by atoms with E-state index in [4.69, 9.17) is 0 Å². The number of rotatable bonds is 8. The van der Waals surface area contributed by atoms with E-state index in [1.807, 2.05) is 50.2 Å². The van der Waals surface area contributed by atoms with E-state index in [1.165, 1.54) is 0 Å². The van der Waals surface area contributed by atoms with Crippen LogP contribution in [0.15, 0.2) is 59.5 Å². The Kier molecular flexibility index (Phi) is 7.54. The van der Waals surface area contributed by atoms with E-state index in [0.29, 0.717) is 23.4 Å². The molecule has 2 N–H and O–H groups in total. The first-order valence-corrected chi connectivity index (χ1v) is 9.46. The molecule has 1 atom stereocenters. The summed E-state index contributed by atoms with van der Waals surface area (Å²) in [4.78, 5) is 25.7. The van der Waals surface area contributed by atoms with Crippen LogP contribution in [0.3, 0.4) is 0 Å². The molecule has 0 spiro atoms. The van der Waals surface area contributed by atoms with Gasteiger partial charge in [0.1, 0.15) is 0 Å². The molecule has 0 heterocycles. The Balaban J connectivity index is 1.91. The van der Waals surface area contributed by atoms with Gasteiger partial charge in [-0.2, -0.15) is 0 Å². The molecule has 0 aliphatic carbocycles. The number of nitrogens with one attached hydrogen (secondary N) is 2. The number of para-hydroxylation sites is 1. The molecule has 2 aromatic carbocycles. The number of thioether (sulfide) groups is 1.